The third-order valence-corrected chi connectivity index (χ3v) is 2.48. The maximum absolute atomic E-state index is 11.8. The molecular weight excluding hydrogens is 230 g/mol. The minimum absolute atomic E-state index is 0.153. The van der Waals surface area contributed by atoms with Gasteiger partial charge in [-0.25, -0.2) is 9.78 Å². The van der Waals surface area contributed by atoms with E-state index in [0.717, 1.165) is 5.82 Å². The number of alkyl carbamates (subject to hydrolysis) is 1. The third-order valence-electron chi connectivity index (χ3n) is 2.48. The van der Waals surface area contributed by atoms with Crippen LogP contribution in [-0.4, -0.2) is 21.2 Å². The van der Waals surface area contributed by atoms with Crippen LogP contribution < -0.4 is 5.32 Å². The maximum atomic E-state index is 11.8. The second-order valence-electron chi connectivity index (χ2n) is 5.76. The van der Waals surface area contributed by atoms with E-state index in [1.54, 1.807) is 6.20 Å². The molecule has 0 saturated heterocycles. The van der Waals surface area contributed by atoms with Gasteiger partial charge in [-0.2, -0.15) is 0 Å². The number of nitrogens with one attached hydrogen (secondary N) is 1. The highest BCUT2D eigenvalue weighted by Crippen LogP contribution is 2.20. The first-order valence-electron chi connectivity index (χ1n) is 6.17. The van der Waals surface area contributed by atoms with Crippen LogP contribution in [0.3, 0.4) is 0 Å². The summed E-state index contributed by atoms with van der Waals surface area (Å²) in [7, 11) is 1.91. The topological polar surface area (TPSA) is 56.1 Å². The molecular formula is C13H23N3O2. The Morgan fingerprint density at radius 3 is 2.44 bits per heavy atom. The van der Waals surface area contributed by atoms with Gasteiger partial charge in [0.2, 0.25) is 0 Å². The number of aromatic nitrogens is 2. The van der Waals surface area contributed by atoms with Gasteiger partial charge >= 0.3 is 6.09 Å². The molecule has 1 unspecified atom stereocenters. The summed E-state index contributed by atoms with van der Waals surface area (Å²) < 4.78 is 7.17. The van der Waals surface area contributed by atoms with E-state index in [-0.39, 0.29) is 12.0 Å². The maximum Gasteiger partial charge on any atom is 0.408 e. The minimum Gasteiger partial charge on any atom is -0.444 e. The molecule has 0 aliphatic heterocycles. The van der Waals surface area contributed by atoms with Crippen molar-refractivity contribution in [3.05, 3.63) is 18.2 Å². The highest BCUT2D eigenvalue weighted by molar-refractivity contribution is 5.68. The number of carbonyl (C=O) groups is 1. The molecule has 5 heteroatoms. The van der Waals surface area contributed by atoms with Crippen LogP contribution in [0.4, 0.5) is 4.79 Å². The molecule has 0 aliphatic rings. The summed E-state index contributed by atoms with van der Waals surface area (Å²) in [5.74, 6) is 1.06. The van der Waals surface area contributed by atoms with Gasteiger partial charge in [-0.3, -0.25) is 0 Å². The van der Waals surface area contributed by atoms with Crippen molar-refractivity contribution < 1.29 is 9.53 Å². The molecule has 1 heterocycles. The molecule has 0 fully saturated rings. The van der Waals surface area contributed by atoms with E-state index in [1.165, 1.54) is 0 Å². The fourth-order valence-electron chi connectivity index (χ4n) is 1.64. The molecule has 1 atom stereocenters. The van der Waals surface area contributed by atoms with Crippen molar-refractivity contribution >= 4 is 6.09 Å². The molecule has 1 N–H and O–H groups in total. The molecule has 0 aromatic carbocycles. The summed E-state index contributed by atoms with van der Waals surface area (Å²) in [6.45, 7) is 9.61. The highest BCUT2D eigenvalue weighted by atomic mass is 16.6. The number of carbonyl (C=O) groups excluding carboxylic acids is 1. The predicted octanol–water partition coefficient (Wildman–Crippen LogP) is 2.64. The summed E-state index contributed by atoms with van der Waals surface area (Å²) in [4.78, 5) is 16.1. The number of amides is 1. The molecule has 102 valence electrons. The number of nitrogens with zero attached hydrogens (tertiary/aromatic N) is 2. The summed E-state index contributed by atoms with van der Waals surface area (Å²) in [6, 6.07) is -0.153. The zero-order valence-corrected chi connectivity index (χ0v) is 12.0. The zero-order chi connectivity index (χ0) is 13.9. The highest BCUT2D eigenvalue weighted by Gasteiger charge is 2.24. The van der Waals surface area contributed by atoms with Gasteiger partial charge in [0.05, 0.1) is 6.04 Å². The molecule has 18 heavy (non-hydrogen) atoms. The molecule has 0 saturated carbocycles. The minimum atomic E-state index is -0.493. The van der Waals surface area contributed by atoms with Crippen molar-refractivity contribution in [2.45, 2.75) is 46.3 Å². The Kier molecular flexibility index (Phi) is 4.38. The van der Waals surface area contributed by atoms with Gasteiger partial charge in [-0.05, 0) is 26.7 Å². The monoisotopic (exact) mass is 253 g/mol. The van der Waals surface area contributed by atoms with E-state index in [9.17, 15) is 4.79 Å². The van der Waals surface area contributed by atoms with E-state index in [0.29, 0.717) is 0 Å². The molecule has 0 bridgehead atoms. The molecule has 0 aliphatic carbocycles. The van der Waals surface area contributed by atoms with Gasteiger partial charge in [0.15, 0.2) is 0 Å². The van der Waals surface area contributed by atoms with Gasteiger partial charge in [0.25, 0.3) is 0 Å². The summed E-state index contributed by atoms with van der Waals surface area (Å²) in [5, 5.41) is 2.87. The van der Waals surface area contributed by atoms with Gasteiger partial charge in [0, 0.05) is 19.4 Å². The normalized spacial score (nSPS) is 13.5. The molecule has 1 aromatic heterocycles. The number of hydrogen-bond acceptors (Lipinski definition) is 3. The van der Waals surface area contributed by atoms with Crippen LogP contribution in [0.1, 0.15) is 46.5 Å². The Hall–Kier alpha value is -1.52. The van der Waals surface area contributed by atoms with Crippen LogP contribution in [0.2, 0.25) is 0 Å². The number of aryl methyl sites for hydroxylation is 1. The number of hydrogen-bond donors (Lipinski definition) is 1. The van der Waals surface area contributed by atoms with Gasteiger partial charge in [0.1, 0.15) is 11.4 Å². The Morgan fingerprint density at radius 1 is 1.44 bits per heavy atom. The summed E-state index contributed by atoms with van der Waals surface area (Å²) >= 11 is 0. The first-order chi connectivity index (χ1) is 8.20. The molecule has 1 amide bonds. The lowest BCUT2D eigenvalue weighted by atomic mass is 10.0. The SMILES string of the molecule is CC(C)C(NC(=O)OC(C)(C)C)c1nccn1C. The van der Waals surface area contributed by atoms with Crippen molar-refractivity contribution in [1.29, 1.82) is 0 Å². The summed E-state index contributed by atoms with van der Waals surface area (Å²) in [6.07, 6.45) is 3.17. The van der Waals surface area contributed by atoms with Crippen molar-refractivity contribution in [3.63, 3.8) is 0 Å². The molecule has 0 radical (unpaired) electrons. The van der Waals surface area contributed by atoms with Crippen molar-refractivity contribution in [2.75, 3.05) is 0 Å². The van der Waals surface area contributed by atoms with E-state index < -0.39 is 11.7 Å². The molecule has 1 aromatic rings. The average molecular weight is 253 g/mol. The lowest BCUT2D eigenvalue weighted by Crippen LogP contribution is -2.37. The van der Waals surface area contributed by atoms with Crippen LogP contribution in [0, 0.1) is 5.92 Å². The van der Waals surface area contributed by atoms with E-state index in [2.05, 4.69) is 10.3 Å². The van der Waals surface area contributed by atoms with Crippen LogP contribution in [0.5, 0.6) is 0 Å². The summed E-state index contributed by atoms with van der Waals surface area (Å²) in [5.41, 5.74) is -0.493. The second kappa shape index (κ2) is 5.42. The smallest absolute Gasteiger partial charge is 0.408 e. The fraction of sp³-hybridized carbons (Fsp3) is 0.692. The van der Waals surface area contributed by atoms with Crippen molar-refractivity contribution in [1.82, 2.24) is 14.9 Å². The Labute approximate surface area is 109 Å². The molecule has 5 nitrogen and oxygen atoms in total. The Balaban J connectivity index is 2.77. The second-order valence-corrected chi connectivity index (χ2v) is 5.76. The molecule has 0 spiro atoms. The van der Waals surface area contributed by atoms with Gasteiger partial charge in [-0.1, -0.05) is 13.8 Å². The van der Waals surface area contributed by atoms with Crippen LogP contribution in [0.25, 0.3) is 0 Å². The van der Waals surface area contributed by atoms with Gasteiger partial charge < -0.3 is 14.6 Å². The number of ether oxygens (including phenoxy) is 1. The van der Waals surface area contributed by atoms with Crippen LogP contribution in [0.15, 0.2) is 12.4 Å². The van der Waals surface area contributed by atoms with E-state index >= 15 is 0 Å². The first-order valence-corrected chi connectivity index (χ1v) is 6.17. The largest absolute Gasteiger partial charge is 0.444 e. The standard InChI is InChI=1S/C13H23N3O2/c1-9(2)10(11-14-7-8-16(11)6)15-12(17)18-13(3,4)5/h7-10H,1-6H3,(H,15,17). The van der Waals surface area contributed by atoms with Crippen LogP contribution >= 0.6 is 0 Å². The van der Waals surface area contributed by atoms with Crippen LogP contribution in [-0.2, 0) is 11.8 Å². The third kappa shape index (κ3) is 4.05. The van der Waals surface area contributed by atoms with E-state index in [1.807, 2.05) is 52.4 Å². The Bertz CT molecular complexity index is 405. The number of imidazole rings is 1. The van der Waals surface area contributed by atoms with Crippen molar-refractivity contribution in [2.24, 2.45) is 13.0 Å². The average Bonchev–Trinajstić information content (AvgIpc) is 2.57. The lowest BCUT2D eigenvalue weighted by Gasteiger charge is -2.25. The van der Waals surface area contributed by atoms with E-state index in [4.69, 9.17) is 4.74 Å². The fourth-order valence-corrected chi connectivity index (χ4v) is 1.64. The Morgan fingerprint density at radius 2 is 2.06 bits per heavy atom. The van der Waals surface area contributed by atoms with Gasteiger partial charge in [-0.15, -0.1) is 0 Å². The predicted molar refractivity (Wildman–Crippen MR) is 70.2 cm³/mol. The lowest BCUT2D eigenvalue weighted by molar-refractivity contribution is 0.0485. The first kappa shape index (κ1) is 14.5. The van der Waals surface area contributed by atoms with Crippen molar-refractivity contribution in [3.8, 4) is 0 Å². The number of rotatable bonds is 3. The molecule has 1 rings (SSSR count). The zero-order valence-electron chi connectivity index (χ0n) is 12.0. The quantitative estimate of drug-likeness (QED) is 0.901.